The topological polar surface area (TPSA) is 69.6 Å². The number of hydrogen-bond donors (Lipinski definition) is 2. The average molecular weight is 404 g/mol. The summed E-state index contributed by atoms with van der Waals surface area (Å²) in [5.41, 5.74) is 0.688. The molecule has 0 aromatic heterocycles. The van der Waals surface area contributed by atoms with Gasteiger partial charge in [0.25, 0.3) is 5.91 Å². The average Bonchev–Trinajstić information content (AvgIpc) is 2.41. The van der Waals surface area contributed by atoms with Crippen LogP contribution >= 0.6 is 22.6 Å². The number of carboxylic acids is 1. The van der Waals surface area contributed by atoms with Gasteiger partial charge in [-0.1, -0.05) is 0 Å². The van der Waals surface area contributed by atoms with E-state index in [9.17, 15) is 19.1 Å². The van der Waals surface area contributed by atoms with Gasteiger partial charge in [-0.05, 0) is 47.7 Å². The van der Waals surface area contributed by atoms with Crippen LogP contribution in [-0.2, 0) is 9.59 Å². The van der Waals surface area contributed by atoms with Crippen molar-refractivity contribution in [2.45, 2.75) is 6.92 Å². The minimum atomic E-state index is -1.05. The Morgan fingerprint density at radius 2 is 2.19 bits per heavy atom. The van der Waals surface area contributed by atoms with Crippen molar-refractivity contribution in [1.29, 1.82) is 0 Å². The van der Waals surface area contributed by atoms with Crippen LogP contribution in [-0.4, -0.2) is 35.5 Å². The molecule has 1 heterocycles. The van der Waals surface area contributed by atoms with E-state index >= 15 is 0 Å². The number of carbonyl (C=O) groups is 2. The molecule has 2 N–H and O–H groups in total. The van der Waals surface area contributed by atoms with Crippen LogP contribution in [0.5, 0.6) is 0 Å². The summed E-state index contributed by atoms with van der Waals surface area (Å²) in [6, 6.07) is 4.57. The molecule has 21 heavy (non-hydrogen) atoms. The van der Waals surface area contributed by atoms with Gasteiger partial charge in [0.1, 0.15) is 11.7 Å². The first-order chi connectivity index (χ1) is 9.81. The van der Waals surface area contributed by atoms with E-state index in [0.29, 0.717) is 0 Å². The molecule has 112 valence electrons. The van der Waals surface area contributed by atoms with Crippen molar-refractivity contribution >= 4 is 40.2 Å². The molecule has 0 spiro atoms. The highest BCUT2D eigenvalue weighted by Gasteiger charge is 2.34. The predicted octanol–water partition coefficient (Wildman–Crippen LogP) is 2.29. The first-order valence-corrected chi connectivity index (χ1v) is 7.30. The second-order valence-corrected chi connectivity index (χ2v) is 6.11. The SMILES string of the molecule is CC1=C(Nc2ccc(I)cc2F)C(C(=O)O)CN(C)C1=O. The Bertz CT molecular complexity index is 645. The maximum Gasteiger partial charge on any atom is 0.314 e. The Labute approximate surface area is 135 Å². The molecule has 1 amide bonds. The molecule has 0 bridgehead atoms. The van der Waals surface area contributed by atoms with Gasteiger partial charge in [-0.2, -0.15) is 0 Å². The van der Waals surface area contributed by atoms with Crippen molar-refractivity contribution in [3.63, 3.8) is 0 Å². The van der Waals surface area contributed by atoms with Gasteiger partial charge in [0, 0.05) is 28.4 Å². The molecular formula is C14H14FIN2O3. The van der Waals surface area contributed by atoms with Crippen LogP contribution < -0.4 is 5.32 Å². The Hall–Kier alpha value is -1.64. The Morgan fingerprint density at radius 3 is 2.76 bits per heavy atom. The summed E-state index contributed by atoms with van der Waals surface area (Å²) in [5, 5.41) is 12.1. The van der Waals surface area contributed by atoms with Crippen LogP contribution in [0.2, 0.25) is 0 Å². The number of nitrogens with zero attached hydrogens (tertiary/aromatic N) is 1. The van der Waals surface area contributed by atoms with Crippen molar-refractivity contribution in [2.75, 3.05) is 18.9 Å². The van der Waals surface area contributed by atoms with Crippen molar-refractivity contribution in [2.24, 2.45) is 5.92 Å². The van der Waals surface area contributed by atoms with E-state index in [2.05, 4.69) is 5.32 Å². The molecule has 1 aromatic rings. The Morgan fingerprint density at radius 1 is 1.52 bits per heavy atom. The summed E-state index contributed by atoms with van der Waals surface area (Å²) in [7, 11) is 1.55. The second kappa shape index (κ2) is 6.00. The number of carbonyl (C=O) groups excluding carboxylic acids is 1. The van der Waals surface area contributed by atoms with Crippen molar-refractivity contribution in [3.8, 4) is 0 Å². The van der Waals surface area contributed by atoms with Crippen LogP contribution in [0.3, 0.4) is 0 Å². The van der Waals surface area contributed by atoms with Gasteiger partial charge in [-0.3, -0.25) is 9.59 Å². The van der Waals surface area contributed by atoms with E-state index in [0.717, 1.165) is 3.57 Å². The molecule has 2 rings (SSSR count). The molecule has 0 radical (unpaired) electrons. The number of anilines is 1. The van der Waals surface area contributed by atoms with E-state index in [1.54, 1.807) is 20.0 Å². The predicted molar refractivity (Wildman–Crippen MR) is 84.2 cm³/mol. The Kier molecular flexibility index (Phi) is 4.50. The van der Waals surface area contributed by atoms with Gasteiger partial charge in [0.2, 0.25) is 0 Å². The summed E-state index contributed by atoms with van der Waals surface area (Å²) in [5.74, 6) is -2.70. The van der Waals surface area contributed by atoms with E-state index in [4.69, 9.17) is 0 Å². The standard InChI is InChI=1S/C14H14FIN2O3/c1-7-12(9(14(20)21)6-18(2)13(7)19)17-11-4-3-8(16)5-10(11)15/h3-5,9,17H,6H2,1-2H3,(H,20,21). The summed E-state index contributed by atoms with van der Waals surface area (Å²) < 4.78 is 14.6. The van der Waals surface area contributed by atoms with E-state index in [1.807, 2.05) is 22.6 Å². The fraction of sp³-hybridized carbons (Fsp3) is 0.286. The number of benzene rings is 1. The fourth-order valence-corrected chi connectivity index (χ4v) is 2.68. The monoisotopic (exact) mass is 404 g/mol. The zero-order valence-electron chi connectivity index (χ0n) is 11.5. The molecule has 1 unspecified atom stereocenters. The number of carboxylic acid groups (broad SMARTS) is 1. The molecule has 0 aliphatic carbocycles. The van der Waals surface area contributed by atoms with Crippen LogP contribution in [0.25, 0.3) is 0 Å². The van der Waals surface area contributed by atoms with Crippen LogP contribution in [0.4, 0.5) is 10.1 Å². The minimum Gasteiger partial charge on any atom is -0.481 e. The van der Waals surface area contributed by atoms with Gasteiger partial charge in [0.05, 0.1) is 5.69 Å². The highest BCUT2D eigenvalue weighted by molar-refractivity contribution is 14.1. The van der Waals surface area contributed by atoms with Gasteiger partial charge in [-0.15, -0.1) is 0 Å². The molecule has 5 nitrogen and oxygen atoms in total. The smallest absolute Gasteiger partial charge is 0.314 e. The summed E-state index contributed by atoms with van der Waals surface area (Å²) in [6.07, 6.45) is 0. The summed E-state index contributed by atoms with van der Waals surface area (Å²) >= 11 is 1.98. The number of halogens is 2. The molecule has 0 fully saturated rings. The number of likely N-dealkylation sites (N-methyl/N-ethyl adjacent to an activating group) is 1. The molecule has 1 aliphatic rings. The van der Waals surface area contributed by atoms with Crippen molar-refractivity contribution < 1.29 is 19.1 Å². The number of rotatable bonds is 3. The highest BCUT2D eigenvalue weighted by atomic mass is 127. The first-order valence-electron chi connectivity index (χ1n) is 6.22. The first kappa shape index (κ1) is 15.7. The molecule has 1 aliphatic heterocycles. The number of hydrogen-bond acceptors (Lipinski definition) is 3. The minimum absolute atomic E-state index is 0.0554. The lowest BCUT2D eigenvalue weighted by molar-refractivity contribution is -0.142. The molecule has 7 heteroatoms. The highest BCUT2D eigenvalue weighted by Crippen LogP contribution is 2.27. The van der Waals surface area contributed by atoms with Crippen LogP contribution in [0.1, 0.15) is 6.92 Å². The van der Waals surface area contributed by atoms with Crippen LogP contribution in [0.15, 0.2) is 29.5 Å². The fourth-order valence-electron chi connectivity index (χ4n) is 2.23. The molecule has 0 saturated carbocycles. The molecule has 1 atom stereocenters. The largest absolute Gasteiger partial charge is 0.481 e. The lowest BCUT2D eigenvalue weighted by Gasteiger charge is -2.31. The lowest BCUT2D eigenvalue weighted by atomic mass is 9.95. The van der Waals surface area contributed by atoms with Gasteiger partial charge >= 0.3 is 5.97 Å². The third-order valence-corrected chi connectivity index (χ3v) is 4.05. The maximum atomic E-state index is 13.9. The number of aliphatic carboxylic acids is 1. The quantitative estimate of drug-likeness (QED) is 0.759. The molecule has 0 saturated heterocycles. The van der Waals surface area contributed by atoms with Crippen molar-refractivity contribution in [3.05, 3.63) is 38.9 Å². The summed E-state index contributed by atoms with van der Waals surface area (Å²) in [6.45, 7) is 1.60. The zero-order valence-corrected chi connectivity index (χ0v) is 13.6. The summed E-state index contributed by atoms with van der Waals surface area (Å²) in [4.78, 5) is 24.7. The number of amides is 1. The Balaban J connectivity index is 2.42. The molecular weight excluding hydrogens is 390 g/mol. The van der Waals surface area contributed by atoms with E-state index in [-0.39, 0.29) is 29.4 Å². The van der Waals surface area contributed by atoms with E-state index < -0.39 is 17.7 Å². The van der Waals surface area contributed by atoms with Gasteiger partial charge in [0.15, 0.2) is 0 Å². The number of nitrogens with one attached hydrogen (secondary N) is 1. The lowest BCUT2D eigenvalue weighted by Crippen LogP contribution is -2.43. The van der Waals surface area contributed by atoms with E-state index in [1.165, 1.54) is 17.0 Å². The van der Waals surface area contributed by atoms with Crippen LogP contribution in [0, 0.1) is 15.3 Å². The molecule has 1 aromatic carbocycles. The normalized spacial score (nSPS) is 19.0. The second-order valence-electron chi connectivity index (χ2n) is 4.86. The third kappa shape index (κ3) is 3.17. The van der Waals surface area contributed by atoms with Gasteiger partial charge < -0.3 is 15.3 Å². The van der Waals surface area contributed by atoms with Crippen molar-refractivity contribution in [1.82, 2.24) is 4.90 Å². The van der Waals surface area contributed by atoms with Gasteiger partial charge in [-0.25, -0.2) is 4.39 Å². The third-order valence-electron chi connectivity index (χ3n) is 3.37. The zero-order chi connectivity index (χ0) is 15.7. The maximum absolute atomic E-state index is 13.9.